The predicted molar refractivity (Wildman–Crippen MR) is 113 cm³/mol. The van der Waals surface area contributed by atoms with Crippen molar-refractivity contribution in [1.29, 1.82) is 0 Å². The molecule has 3 heterocycles. The first kappa shape index (κ1) is 22.4. The van der Waals surface area contributed by atoms with Gasteiger partial charge < -0.3 is 19.1 Å². The van der Waals surface area contributed by atoms with E-state index >= 15 is 0 Å². The molecule has 1 fully saturated rings. The van der Waals surface area contributed by atoms with Gasteiger partial charge in [0.2, 0.25) is 5.92 Å². The quantitative estimate of drug-likeness (QED) is 0.628. The number of aromatic nitrogens is 3. The van der Waals surface area contributed by atoms with Gasteiger partial charge in [-0.3, -0.25) is 4.98 Å². The fraction of sp³-hybridized carbons (Fsp3) is 0.524. The van der Waals surface area contributed by atoms with E-state index in [1.54, 1.807) is 12.4 Å². The zero-order valence-electron chi connectivity index (χ0n) is 17.8. The molecule has 3 aromatic heterocycles. The fourth-order valence-corrected chi connectivity index (χ4v) is 4.13. The second kappa shape index (κ2) is 8.85. The summed E-state index contributed by atoms with van der Waals surface area (Å²) in [5.41, 5.74) is 3.95. The molecule has 1 aliphatic rings. The summed E-state index contributed by atoms with van der Waals surface area (Å²) in [6.45, 7) is 8.20. The van der Waals surface area contributed by atoms with Crippen LogP contribution in [0, 0.1) is 19.8 Å². The van der Waals surface area contributed by atoms with E-state index in [2.05, 4.69) is 10.1 Å². The molecule has 0 aliphatic heterocycles. The lowest BCUT2D eigenvalue weighted by atomic mass is 9.81. The molecule has 162 valence electrons. The Morgan fingerprint density at radius 3 is 2.47 bits per heavy atom. The molecule has 0 spiro atoms. The van der Waals surface area contributed by atoms with Crippen LogP contribution in [0.15, 0.2) is 23.0 Å². The zero-order valence-corrected chi connectivity index (χ0v) is 17.8. The lowest BCUT2D eigenvalue weighted by Crippen LogP contribution is -2.30. The molecule has 1 aliphatic carbocycles. The monoisotopic (exact) mass is 419 g/mol. The highest BCUT2D eigenvalue weighted by Crippen LogP contribution is 2.37. The Bertz CT molecular complexity index is 987. The molecular weight excluding hydrogens is 391 g/mol. The van der Waals surface area contributed by atoms with Gasteiger partial charge in [0.15, 0.2) is 0 Å². The van der Waals surface area contributed by atoms with Gasteiger partial charge in [0.25, 0.3) is 0 Å². The molecule has 0 unspecified atom stereocenters. The number of halogens is 2. The van der Waals surface area contributed by atoms with E-state index < -0.39 is 13.0 Å². The third kappa shape index (κ3) is 4.42. The normalized spacial score (nSPS) is 16.4. The topological polar surface area (TPSA) is 84.3 Å². The summed E-state index contributed by atoms with van der Waals surface area (Å²) < 4.78 is 34.1. The summed E-state index contributed by atoms with van der Waals surface area (Å²) in [7, 11) is -1.66. The average Bonchev–Trinajstić information content (AvgIpc) is 3.24. The molecule has 1 saturated carbocycles. The molecule has 3 aromatic rings. The molecule has 0 aromatic carbocycles. The summed E-state index contributed by atoms with van der Waals surface area (Å²) in [6, 6.07) is 1.91. The van der Waals surface area contributed by atoms with Crippen molar-refractivity contribution in [3.63, 3.8) is 0 Å². The summed E-state index contributed by atoms with van der Waals surface area (Å²) in [4.78, 5) is 4.45. The van der Waals surface area contributed by atoms with E-state index in [0.717, 1.165) is 22.3 Å². The number of hydrogen-bond donors (Lipinski definition) is 2. The second-order valence-corrected chi connectivity index (χ2v) is 7.70. The number of rotatable bonds is 4. The van der Waals surface area contributed by atoms with Gasteiger partial charge in [-0.1, -0.05) is 19.0 Å². The van der Waals surface area contributed by atoms with Gasteiger partial charge in [0.05, 0.1) is 16.7 Å². The van der Waals surface area contributed by atoms with Crippen molar-refractivity contribution in [3.8, 4) is 11.1 Å². The maximum Gasteiger partial charge on any atom is 0.492 e. The molecule has 30 heavy (non-hydrogen) atoms. The number of pyridine rings is 1. The molecular formula is C21H28BF2N3O3. The van der Waals surface area contributed by atoms with Crippen LogP contribution in [0.5, 0.6) is 0 Å². The van der Waals surface area contributed by atoms with Crippen LogP contribution in [0.2, 0.25) is 0 Å². The van der Waals surface area contributed by atoms with E-state index in [0.29, 0.717) is 36.1 Å². The third-order valence-electron chi connectivity index (χ3n) is 5.64. The number of hydrogen-bond acceptors (Lipinski definition) is 5. The highest BCUT2D eigenvalue weighted by Gasteiger charge is 2.35. The van der Waals surface area contributed by atoms with Gasteiger partial charge in [0.1, 0.15) is 5.76 Å². The van der Waals surface area contributed by atoms with Crippen LogP contribution in [0.1, 0.15) is 51.0 Å². The van der Waals surface area contributed by atoms with Crippen LogP contribution in [0.25, 0.3) is 22.2 Å². The molecule has 0 radical (unpaired) electrons. The first-order valence-corrected chi connectivity index (χ1v) is 10.4. The number of fused-ring (bicyclic) bond motifs is 1. The zero-order chi connectivity index (χ0) is 22.1. The van der Waals surface area contributed by atoms with Crippen molar-refractivity contribution in [3.05, 3.63) is 29.9 Å². The van der Waals surface area contributed by atoms with E-state index in [1.165, 1.54) is 0 Å². The first-order valence-electron chi connectivity index (χ1n) is 10.4. The Morgan fingerprint density at radius 1 is 1.23 bits per heavy atom. The SMILES string of the molecule is CC.Cc1noc(C)c1-c1cnc2c(B(O)O)cn(CC3CCC(F)(F)CC3)c2c1. The molecule has 0 amide bonds. The van der Waals surface area contributed by atoms with E-state index in [1.807, 2.05) is 38.3 Å². The van der Waals surface area contributed by atoms with Crippen molar-refractivity contribution in [1.82, 2.24) is 14.7 Å². The van der Waals surface area contributed by atoms with E-state index in [4.69, 9.17) is 4.52 Å². The summed E-state index contributed by atoms with van der Waals surface area (Å²) in [6.07, 6.45) is 4.00. The van der Waals surface area contributed by atoms with Gasteiger partial charge in [0, 0.05) is 48.4 Å². The van der Waals surface area contributed by atoms with Crippen molar-refractivity contribution in [2.45, 2.75) is 65.8 Å². The summed E-state index contributed by atoms with van der Waals surface area (Å²) >= 11 is 0. The Balaban J connectivity index is 0.00000124. The first-order chi connectivity index (χ1) is 14.2. The smallest absolute Gasteiger partial charge is 0.423 e. The van der Waals surface area contributed by atoms with Gasteiger partial charge >= 0.3 is 7.12 Å². The van der Waals surface area contributed by atoms with Crippen LogP contribution < -0.4 is 5.46 Å². The second-order valence-electron chi connectivity index (χ2n) is 7.70. The molecule has 0 saturated heterocycles. The summed E-state index contributed by atoms with van der Waals surface area (Å²) in [5.74, 6) is -1.78. The summed E-state index contributed by atoms with van der Waals surface area (Å²) in [5, 5.41) is 23.4. The van der Waals surface area contributed by atoms with Crippen LogP contribution in [-0.4, -0.2) is 37.8 Å². The largest absolute Gasteiger partial charge is 0.492 e. The van der Waals surface area contributed by atoms with Crippen molar-refractivity contribution >= 4 is 23.6 Å². The molecule has 0 atom stereocenters. The van der Waals surface area contributed by atoms with Crippen LogP contribution in [-0.2, 0) is 6.54 Å². The van der Waals surface area contributed by atoms with Gasteiger partial charge in [-0.05, 0) is 38.7 Å². The Morgan fingerprint density at radius 2 is 1.90 bits per heavy atom. The Labute approximate surface area is 175 Å². The van der Waals surface area contributed by atoms with E-state index in [-0.39, 0.29) is 18.8 Å². The molecule has 2 N–H and O–H groups in total. The van der Waals surface area contributed by atoms with E-state index in [9.17, 15) is 18.8 Å². The molecule has 4 rings (SSSR count). The Hall–Kier alpha value is -2.26. The Kier molecular flexibility index (Phi) is 6.62. The van der Waals surface area contributed by atoms with Crippen LogP contribution >= 0.6 is 0 Å². The highest BCUT2D eigenvalue weighted by atomic mass is 19.3. The maximum atomic E-state index is 13.5. The predicted octanol–water partition coefficient (Wildman–Crippen LogP) is 3.84. The lowest BCUT2D eigenvalue weighted by Gasteiger charge is -2.28. The highest BCUT2D eigenvalue weighted by molar-refractivity contribution is 6.61. The van der Waals surface area contributed by atoms with Gasteiger partial charge in [-0.15, -0.1) is 0 Å². The van der Waals surface area contributed by atoms with Crippen molar-refractivity contribution in [2.75, 3.05) is 0 Å². The minimum absolute atomic E-state index is 0.102. The van der Waals surface area contributed by atoms with Crippen molar-refractivity contribution < 1.29 is 23.4 Å². The average molecular weight is 419 g/mol. The van der Waals surface area contributed by atoms with Crippen molar-refractivity contribution in [2.24, 2.45) is 5.92 Å². The molecule has 0 bridgehead atoms. The van der Waals surface area contributed by atoms with Gasteiger partial charge in [-0.25, -0.2) is 8.78 Å². The number of aryl methyl sites for hydroxylation is 2. The standard InChI is InChI=1S/C19H22BF2N3O3.C2H6/c1-11-17(12(2)28-24-11)14-7-16-18(23-8-14)15(20(26)27)10-25(16)9-13-3-5-19(21,22)6-4-13;1-2/h7-8,10,13,26-27H,3-6,9H2,1-2H3;1-2H3. The van der Waals surface area contributed by atoms with Gasteiger partial charge in [-0.2, -0.15) is 0 Å². The fourth-order valence-electron chi connectivity index (χ4n) is 4.13. The lowest BCUT2D eigenvalue weighted by molar-refractivity contribution is -0.0472. The number of nitrogens with zero attached hydrogens (tertiary/aromatic N) is 3. The minimum Gasteiger partial charge on any atom is -0.423 e. The van der Waals surface area contributed by atoms with Crippen LogP contribution in [0.4, 0.5) is 8.78 Å². The molecule has 6 nitrogen and oxygen atoms in total. The third-order valence-corrected chi connectivity index (χ3v) is 5.64. The maximum absolute atomic E-state index is 13.5. The number of alkyl halides is 2. The molecule has 9 heteroatoms. The minimum atomic E-state index is -2.57. The van der Waals surface area contributed by atoms with Crippen LogP contribution in [0.3, 0.4) is 0 Å².